The van der Waals surface area contributed by atoms with Crippen LogP contribution in [-0.4, -0.2) is 33.0 Å². The van der Waals surface area contributed by atoms with Gasteiger partial charge in [0.1, 0.15) is 11.4 Å². The van der Waals surface area contributed by atoms with E-state index in [-0.39, 0.29) is 35.8 Å². The van der Waals surface area contributed by atoms with E-state index < -0.39 is 0 Å². The summed E-state index contributed by atoms with van der Waals surface area (Å²) in [5.41, 5.74) is 1.69. The second kappa shape index (κ2) is 9.34. The number of hydrogen-bond donors (Lipinski definition) is 1. The molecule has 3 aromatic heterocycles. The molecule has 4 rings (SSSR count). The average Bonchev–Trinajstić information content (AvgIpc) is 3.33. The van der Waals surface area contributed by atoms with Crippen LogP contribution in [0.2, 0.25) is 0 Å². The van der Waals surface area contributed by atoms with Gasteiger partial charge in [-0.2, -0.15) is 0 Å². The molecule has 1 unspecified atom stereocenters. The fraction of sp³-hybridized carbons (Fsp3) is 0.522. The third-order valence-electron chi connectivity index (χ3n) is 6.00. The highest BCUT2D eigenvalue weighted by molar-refractivity contribution is 7.18. The average molecular weight is 489 g/mol. The number of thiophene rings is 1. The van der Waals surface area contributed by atoms with Gasteiger partial charge in [-0.25, -0.2) is 9.97 Å². The molecule has 0 radical (unpaired) electrons. The predicted octanol–water partition coefficient (Wildman–Crippen LogP) is 3.81. The van der Waals surface area contributed by atoms with E-state index in [1.807, 2.05) is 0 Å². The highest BCUT2D eigenvalue weighted by Gasteiger charge is 2.31. The summed E-state index contributed by atoms with van der Waals surface area (Å²) in [6.07, 6.45) is 4.39. The molecule has 33 heavy (non-hydrogen) atoms. The molecule has 1 N–H and O–H groups in total. The van der Waals surface area contributed by atoms with Crippen molar-refractivity contribution in [3.63, 3.8) is 0 Å². The zero-order chi connectivity index (χ0) is 23.8. The first-order valence-electron chi connectivity index (χ1n) is 11.0. The van der Waals surface area contributed by atoms with Crippen molar-refractivity contribution < 1.29 is 14.3 Å². The van der Waals surface area contributed by atoms with Gasteiger partial charge >= 0.3 is 5.97 Å². The number of carbonyl (C=O) groups is 2. The maximum Gasteiger partial charge on any atom is 0.311 e. The van der Waals surface area contributed by atoms with Gasteiger partial charge in [0.2, 0.25) is 5.91 Å². The molecule has 0 bridgehead atoms. The number of ether oxygens (including phenoxy) is 1. The summed E-state index contributed by atoms with van der Waals surface area (Å²) in [5, 5.41) is 5.44. The van der Waals surface area contributed by atoms with Crippen molar-refractivity contribution in [1.29, 1.82) is 0 Å². The van der Waals surface area contributed by atoms with Crippen LogP contribution < -0.4 is 10.9 Å². The number of esters is 1. The normalized spacial score (nSPS) is 15.9. The minimum absolute atomic E-state index is 0.0552. The van der Waals surface area contributed by atoms with Gasteiger partial charge in [-0.15, -0.1) is 22.7 Å². The Kier molecular flexibility index (Phi) is 6.67. The zero-order valence-electron chi connectivity index (χ0n) is 19.3. The van der Waals surface area contributed by atoms with Crippen molar-refractivity contribution in [3.05, 3.63) is 38.2 Å². The van der Waals surface area contributed by atoms with Gasteiger partial charge in [-0.3, -0.25) is 19.0 Å². The van der Waals surface area contributed by atoms with Crippen LogP contribution in [0.1, 0.15) is 50.3 Å². The van der Waals surface area contributed by atoms with Gasteiger partial charge < -0.3 is 10.1 Å². The Bertz CT molecular complexity index is 1250. The lowest BCUT2D eigenvalue weighted by molar-refractivity contribution is -0.142. The number of rotatable bonds is 6. The summed E-state index contributed by atoms with van der Waals surface area (Å²) < 4.78 is 6.27. The number of amides is 1. The summed E-state index contributed by atoms with van der Waals surface area (Å²) >= 11 is 2.83. The smallest absolute Gasteiger partial charge is 0.311 e. The van der Waals surface area contributed by atoms with E-state index in [4.69, 9.17) is 4.74 Å². The Labute approximate surface area is 200 Å². The van der Waals surface area contributed by atoms with E-state index in [0.29, 0.717) is 28.7 Å². The molecule has 1 aliphatic rings. The second-order valence-electron chi connectivity index (χ2n) is 9.34. The van der Waals surface area contributed by atoms with Crippen LogP contribution in [0.15, 0.2) is 16.5 Å². The lowest BCUT2D eigenvalue weighted by atomic mass is 9.72. The van der Waals surface area contributed by atoms with Crippen LogP contribution in [-0.2, 0) is 40.1 Å². The van der Waals surface area contributed by atoms with Crippen molar-refractivity contribution in [1.82, 2.24) is 14.5 Å². The quantitative estimate of drug-likeness (QED) is 0.529. The maximum atomic E-state index is 13.2. The summed E-state index contributed by atoms with van der Waals surface area (Å²) in [5.74, 6) is -0.148. The third kappa shape index (κ3) is 5.16. The van der Waals surface area contributed by atoms with Crippen LogP contribution in [0.25, 0.3) is 10.2 Å². The molecular formula is C23H28N4O4S2. The third-order valence-corrected chi connectivity index (χ3v) is 7.97. The molecule has 176 valence electrons. The molecule has 0 saturated heterocycles. The SMILES string of the molecule is CCOC(=O)Cc1csc(NC(=O)Cn2cnc3sc4c(c3c2=O)CCC(C(C)(C)C)C4)n1. The maximum absolute atomic E-state index is 13.2. The standard InChI is InChI=1S/C23H28N4O4S2/c1-5-31-18(29)9-14-11-32-22(25-14)26-17(28)10-27-12-24-20-19(21(27)30)15-7-6-13(23(2,3)4)8-16(15)33-20/h11-13H,5-10H2,1-4H3,(H,25,26,28). The first kappa shape index (κ1) is 23.6. The summed E-state index contributed by atoms with van der Waals surface area (Å²) in [4.78, 5) is 48.1. The molecule has 3 aromatic rings. The number of nitrogens with one attached hydrogen (secondary N) is 1. The van der Waals surface area contributed by atoms with Gasteiger partial charge in [0.05, 0.1) is 30.4 Å². The number of aryl methyl sites for hydroxylation is 1. The predicted molar refractivity (Wildman–Crippen MR) is 130 cm³/mol. The monoisotopic (exact) mass is 488 g/mol. The van der Waals surface area contributed by atoms with Gasteiger partial charge in [-0.1, -0.05) is 20.8 Å². The number of nitrogens with zero attached hydrogens (tertiary/aromatic N) is 3. The molecular weight excluding hydrogens is 460 g/mol. The molecule has 1 amide bonds. The van der Waals surface area contributed by atoms with Crippen LogP contribution >= 0.6 is 22.7 Å². The van der Waals surface area contributed by atoms with Crippen LogP contribution in [0.3, 0.4) is 0 Å². The number of hydrogen-bond acceptors (Lipinski definition) is 8. The lowest BCUT2D eigenvalue weighted by Gasteiger charge is -2.33. The topological polar surface area (TPSA) is 103 Å². The molecule has 10 heteroatoms. The lowest BCUT2D eigenvalue weighted by Crippen LogP contribution is -2.29. The molecule has 3 heterocycles. The van der Waals surface area contributed by atoms with Gasteiger partial charge in [0, 0.05) is 10.3 Å². The Morgan fingerprint density at radius 1 is 1.33 bits per heavy atom. The minimum Gasteiger partial charge on any atom is -0.466 e. The molecule has 0 saturated carbocycles. The highest BCUT2D eigenvalue weighted by atomic mass is 32.1. The van der Waals surface area contributed by atoms with Crippen molar-refractivity contribution in [2.75, 3.05) is 11.9 Å². The van der Waals surface area contributed by atoms with Crippen molar-refractivity contribution in [2.24, 2.45) is 11.3 Å². The number of aromatic nitrogens is 3. The van der Waals surface area contributed by atoms with Crippen LogP contribution in [0, 0.1) is 11.3 Å². The molecule has 0 aromatic carbocycles. The summed E-state index contributed by atoms with van der Waals surface area (Å²) in [6, 6.07) is 0. The molecule has 0 aliphatic heterocycles. The first-order chi connectivity index (χ1) is 15.7. The fourth-order valence-electron chi connectivity index (χ4n) is 4.17. The van der Waals surface area contributed by atoms with E-state index in [1.165, 1.54) is 27.1 Å². The molecule has 1 aliphatic carbocycles. The van der Waals surface area contributed by atoms with Gasteiger partial charge in [-0.05, 0) is 43.1 Å². The van der Waals surface area contributed by atoms with E-state index in [2.05, 4.69) is 36.1 Å². The molecule has 0 spiro atoms. The highest BCUT2D eigenvalue weighted by Crippen LogP contribution is 2.41. The summed E-state index contributed by atoms with van der Waals surface area (Å²) in [6.45, 7) is 8.70. The van der Waals surface area contributed by atoms with E-state index in [0.717, 1.165) is 29.7 Å². The summed E-state index contributed by atoms with van der Waals surface area (Å²) in [7, 11) is 0. The van der Waals surface area contributed by atoms with Crippen molar-refractivity contribution >= 4 is 49.9 Å². The molecule has 0 fully saturated rings. The van der Waals surface area contributed by atoms with Crippen LogP contribution in [0.4, 0.5) is 5.13 Å². The number of thiazole rings is 1. The Hall–Kier alpha value is -2.59. The largest absolute Gasteiger partial charge is 0.466 e. The first-order valence-corrected chi connectivity index (χ1v) is 12.7. The fourth-order valence-corrected chi connectivity index (χ4v) is 6.16. The Balaban J connectivity index is 1.48. The number of carbonyl (C=O) groups excluding carboxylic acids is 2. The Morgan fingerprint density at radius 3 is 2.85 bits per heavy atom. The van der Waals surface area contributed by atoms with Gasteiger partial charge in [0.25, 0.3) is 5.56 Å². The number of anilines is 1. The van der Waals surface area contributed by atoms with E-state index >= 15 is 0 Å². The minimum atomic E-state index is -0.368. The van der Waals surface area contributed by atoms with Crippen molar-refractivity contribution in [3.8, 4) is 0 Å². The van der Waals surface area contributed by atoms with Gasteiger partial charge in [0.15, 0.2) is 5.13 Å². The van der Waals surface area contributed by atoms with Crippen LogP contribution in [0.5, 0.6) is 0 Å². The van der Waals surface area contributed by atoms with E-state index in [9.17, 15) is 14.4 Å². The van der Waals surface area contributed by atoms with Crippen molar-refractivity contribution in [2.45, 2.75) is 59.9 Å². The number of fused-ring (bicyclic) bond motifs is 3. The second-order valence-corrected chi connectivity index (χ2v) is 11.3. The Morgan fingerprint density at radius 2 is 2.12 bits per heavy atom. The van der Waals surface area contributed by atoms with E-state index in [1.54, 1.807) is 23.6 Å². The molecule has 1 atom stereocenters. The zero-order valence-corrected chi connectivity index (χ0v) is 20.9. The molecule has 8 nitrogen and oxygen atoms in total.